The van der Waals surface area contributed by atoms with Gasteiger partial charge < -0.3 is 20.4 Å². The molecule has 1 heterocycles. The Balaban J connectivity index is 1.66. The van der Waals surface area contributed by atoms with Gasteiger partial charge in [-0.25, -0.2) is 0 Å². The van der Waals surface area contributed by atoms with Gasteiger partial charge in [0.2, 0.25) is 5.91 Å². The van der Waals surface area contributed by atoms with E-state index in [0.29, 0.717) is 13.0 Å². The van der Waals surface area contributed by atoms with Crippen molar-refractivity contribution in [1.82, 2.24) is 9.88 Å². The van der Waals surface area contributed by atoms with Crippen LogP contribution in [0.2, 0.25) is 0 Å². The second kappa shape index (κ2) is 13.0. The summed E-state index contributed by atoms with van der Waals surface area (Å²) in [5, 5.41) is 1.06. The van der Waals surface area contributed by atoms with Crippen molar-refractivity contribution in [2.45, 2.75) is 71.4 Å². The van der Waals surface area contributed by atoms with Crippen LogP contribution in [0, 0.1) is 0 Å². The minimum Gasteiger partial charge on any atom is -0.489 e. The van der Waals surface area contributed by atoms with E-state index in [1.165, 1.54) is 0 Å². The van der Waals surface area contributed by atoms with Gasteiger partial charge >= 0.3 is 0 Å². The number of H-pyrrole nitrogens is 1. The summed E-state index contributed by atoms with van der Waals surface area (Å²) < 4.78 is 6.00. The number of nitrogens with zero attached hydrogens (tertiary/aromatic N) is 1. The highest BCUT2D eigenvalue weighted by molar-refractivity contribution is 5.87. The molecule has 0 fully saturated rings. The van der Waals surface area contributed by atoms with Gasteiger partial charge in [-0.15, -0.1) is 0 Å². The summed E-state index contributed by atoms with van der Waals surface area (Å²) >= 11 is 0. The average molecular weight is 450 g/mol. The van der Waals surface area contributed by atoms with E-state index in [1.54, 1.807) is 0 Å². The van der Waals surface area contributed by atoms with Crippen LogP contribution in [0.1, 0.15) is 63.5 Å². The molecule has 1 amide bonds. The normalized spacial score (nSPS) is 12.1. The highest BCUT2D eigenvalue weighted by Crippen LogP contribution is 2.25. The molecular formula is C28H39N3O2. The number of aromatic nitrogens is 1. The molecule has 3 rings (SSSR count). The van der Waals surface area contributed by atoms with Crippen LogP contribution in [-0.2, 0) is 17.8 Å². The Hall–Kier alpha value is -2.79. The van der Waals surface area contributed by atoms with Crippen LogP contribution in [0.25, 0.3) is 10.9 Å². The van der Waals surface area contributed by atoms with Crippen LogP contribution in [0.4, 0.5) is 0 Å². The third kappa shape index (κ3) is 7.36. The van der Waals surface area contributed by atoms with E-state index in [4.69, 9.17) is 10.5 Å². The lowest BCUT2D eigenvalue weighted by molar-refractivity contribution is -0.132. The summed E-state index contributed by atoms with van der Waals surface area (Å²) in [6.45, 7) is 6.49. The lowest BCUT2D eigenvalue weighted by Gasteiger charge is -2.26. The average Bonchev–Trinajstić information content (AvgIpc) is 3.24. The van der Waals surface area contributed by atoms with E-state index < -0.39 is 6.04 Å². The third-order valence-electron chi connectivity index (χ3n) is 6.12. The first kappa shape index (κ1) is 24.8. The van der Waals surface area contributed by atoms with Gasteiger partial charge in [0.25, 0.3) is 0 Å². The minimum atomic E-state index is -0.541. The van der Waals surface area contributed by atoms with Gasteiger partial charge in [-0.1, -0.05) is 69.9 Å². The maximum atomic E-state index is 13.2. The summed E-state index contributed by atoms with van der Waals surface area (Å²) in [5.41, 5.74) is 9.66. The lowest BCUT2D eigenvalue weighted by Crippen LogP contribution is -2.45. The Kier molecular flexibility index (Phi) is 9.82. The number of aromatic amines is 1. The predicted molar refractivity (Wildman–Crippen MR) is 136 cm³/mol. The zero-order valence-corrected chi connectivity index (χ0v) is 20.2. The molecule has 0 aliphatic carbocycles. The Labute approximate surface area is 198 Å². The molecule has 1 aromatic heterocycles. The smallest absolute Gasteiger partial charge is 0.239 e. The van der Waals surface area contributed by atoms with Crippen LogP contribution in [0.5, 0.6) is 5.75 Å². The Morgan fingerprint density at radius 3 is 2.36 bits per heavy atom. The number of hydrogen-bond donors (Lipinski definition) is 2. The molecule has 5 nitrogen and oxygen atoms in total. The molecule has 0 aliphatic rings. The number of nitrogens with one attached hydrogen (secondary N) is 1. The molecule has 5 heteroatoms. The number of unbranched alkanes of at least 4 members (excludes halogenated alkanes) is 4. The maximum Gasteiger partial charge on any atom is 0.239 e. The summed E-state index contributed by atoms with van der Waals surface area (Å²) in [7, 11) is 0. The molecule has 3 aromatic rings. The van der Waals surface area contributed by atoms with Crippen LogP contribution in [0.15, 0.2) is 54.7 Å². The van der Waals surface area contributed by atoms with Crippen LogP contribution in [0.3, 0.4) is 0 Å². The maximum absolute atomic E-state index is 13.2. The Bertz CT molecular complexity index is 973. The van der Waals surface area contributed by atoms with Crippen molar-refractivity contribution in [2.24, 2.45) is 5.73 Å². The molecule has 0 aliphatic heterocycles. The number of carbonyl (C=O) groups is 1. The second-order valence-corrected chi connectivity index (χ2v) is 8.85. The van der Waals surface area contributed by atoms with Crippen molar-refractivity contribution < 1.29 is 9.53 Å². The third-order valence-corrected chi connectivity index (χ3v) is 6.12. The van der Waals surface area contributed by atoms with Crippen molar-refractivity contribution in [3.8, 4) is 5.75 Å². The van der Waals surface area contributed by atoms with Gasteiger partial charge in [0.15, 0.2) is 0 Å². The van der Waals surface area contributed by atoms with Gasteiger partial charge in [-0.05, 0) is 48.6 Å². The van der Waals surface area contributed by atoms with E-state index in [1.807, 2.05) is 47.5 Å². The number of ether oxygens (including phenoxy) is 1. The first-order valence-corrected chi connectivity index (χ1v) is 12.4. The highest BCUT2D eigenvalue weighted by Gasteiger charge is 2.22. The number of rotatable bonds is 14. The molecule has 0 spiro atoms. The van der Waals surface area contributed by atoms with Crippen LogP contribution < -0.4 is 10.5 Å². The number of nitrogens with two attached hydrogens (primary N) is 1. The van der Waals surface area contributed by atoms with E-state index >= 15 is 0 Å². The number of fused-ring (bicyclic) bond motifs is 1. The predicted octanol–water partition coefficient (Wildman–Crippen LogP) is 5.83. The van der Waals surface area contributed by atoms with Gasteiger partial charge in [-0.2, -0.15) is 0 Å². The molecule has 0 unspecified atom stereocenters. The zero-order chi connectivity index (χ0) is 23.5. The molecule has 33 heavy (non-hydrogen) atoms. The molecule has 1 atom stereocenters. The molecule has 3 N–H and O–H groups in total. The number of hydrogen-bond acceptors (Lipinski definition) is 3. The molecule has 2 aromatic carbocycles. The van der Waals surface area contributed by atoms with E-state index in [9.17, 15) is 4.79 Å². The van der Waals surface area contributed by atoms with E-state index in [2.05, 4.69) is 31.0 Å². The summed E-state index contributed by atoms with van der Waals surface area (Å²) in [6, 6.07) is 15.6. The fourth-order valence-corrected chi connectivity index (χ4v) is 4.15. The Morgan fingerprint density at radius 2 is 1.70 bits per heavy atom. The topological polar surface area (TPSA) is 71.3 Å². The molecule has 0 saturated carbocycles. The first-order chi connectivity index (χ1) is 16.1. The monoisotopic (exact) mass is 449 g/mol. The molecule has 0 saturated heterocycles. The number of benzene rings is 2. The molecular weight excluding hydrogens is 410 g/mol. The van der Waals surface area contributed by atoms with Gasteiger partial charge in [0, 0.05) is 30.2 Å². The second-order valence-electron chi connectivity index (χ2n) is 8.85. The van der Waals surface area contributed by atoms with Crippen molar-refractivity contribution >= 4 is 16.8 Å². The Morgan fingerprint density at radius 1 is 1.00 bits per heavy atom. The van der Waals surface area contributed by atoms with Crippen LogP contribution >= 0.6 is 0 Å². The summed E-state index contributed by atoms with van der Waals surface area (Å²) in [5.74, 6) is 0.876. The lowest BCUT2D eigenvalue weighted by atomic mass is 10.0. The molecule has 0 bridgehead atoms. The first-order valence-electron chi connectivity index (χ1n) is 12.4. The minimum absolute atomic E-state index is 0.0630. The standard InChI is InChI=1S/C28H39N3O2/c1-3-5-10-16-31(17-11-6-4-2)28(32)26(29)18-23-20-30-27-15-14-24(19-25(23)27)33-21-22-12-8-7-9-13-22/h7-9,12-15,19-20,26,30H,3-6,10-11,16-18,21,29H2,1-2H3/t26-/m0/s1. The van der Waals surface area contributed by atoms with Crippen molar-refractivity contribution in [3.63, 3.8) is 0 Å². The van der Waals surface area contributed by atoms with Crippen molar-refractivity contribution in [2.75, 3.05) is 13.1 Å². The quantitative estimate of drug-likeness (QED) is 0.304. The SMILES string of the molecule is CCCCCN(CCCCC)C(=O)[C@@H](N)Cc1c[nH]c2ccc(OCc3ccccc3)cc12. The van der Waals surface area contributed by atoms with Gasteiger partial charge in [0.1, 0.15) is 12.4 Å². The van der Waals surface area contributed by atoms with Crippen molar-refractivity contribution in [3.05, 3.63) is 65.9 Å². The van der Waals surface area contributed by atoms with E-state index in [-0.39, 0.29) is 5.91 Å². The summed E-state index contributed by atoms with van der Waals surface area (Å²) in [6.07, 6.45) is 9.13. The molecule has 178 valence electrons. The number of carbonyl (C=O) groups excluding carboxylic acids is 1. The molecule has 0 radical (unpaired) electrons. The van der Waals surface area contributed by atoms with Crippen molar-refractivity contribution in [1.29, 1.82) is 0 Å². The highest BCUT2D eigenvalue weighted by atomic mass is 16.5. The summed E-state index contributed by atoms with van der Waals surface area (Å²) in [4.78, 5) is 18.5. The zero-order valence-electron chi connectivity index (χ0n) is 20.2. The number of amides is 1. The fourth-order valence-electron chi connectivity index (χ4n) is 4.15. The van der Waals surface area contributed by atoms with Crippen LogP contribution in [-0.4, -0.2) is 34.9 Å². The van der Waals surface area contributed by atoms with Gasteiger partial charge in [0.05, 0.1) is 6.04 Å². The van der Waals surface area contributed by atoms with Gasteiger partial charge in [-0.3, -0.25) is 4.79 Å². The fraction of sp³-hybridized carbons (Fsp3) is 0.464. The largest absolute Gasteiger partial charge is 0.489 e. The van der Waals surface area contributed by atoms with E-state index in [0.717, 1.165) is 79.4 Å².